The molecule has 1 atom stereocenters. The summed E-state index contributed by atoms with van der Waals surface area (Å²) in [4.78, 5) is 36.3. The van der Waals surface area contributed by atoms with Crippen LogP contribution in [0.2, 0.25) is 0 Å². The fourth-order valence-electron chi connectivity index (χ4n) is 4.04. The lowest BCUT2D eigenvalue weighted by Gasteiger charge is -2.17. The fraction of sp³-hybridized carbons (Fsp3) is 0.280. The molecule has 0 spiro atoms. The van der Waals surface area contributed by atoms with E-state index < -0.39 is 5.82 Å². The van der Waals surface area contributed by atoms with Gasteiger partial charge in [-0.15, -0.1) is 0 Å². The predicted octanol–water partition coefficient (Wildman–Crippen LogP) is 4.04. The second-order valence-electron chi connectivity index (χ2n) is 8.04. The van der Waals surface area contributed by atoms with Crippen molar-refractivity contribution in [2.45, 2.75) is 32.6 Å². The van der Waals surface area contributed by atoms with E-state index in [1.807, 2.05) is 49.1 Å². The van der Waals surface area contributed by atoms with Gasteiger partial charge in [-0.2, -0.15) is 0 Å². The van der Waals surface area contributed by atoms with Gasteiger partial charge in [0.05, 0.1) is 12.1 Å². The molecule has 3 aromatic rings. The highest BCUT2D eigenvalue weighted by Crippen LogP contribution is 2.27. The van der Waals surface area contributed by atoms with Gasteiger partial charge in [-0.3, -0.25) is 9.59 Å². The number of nitrogens with zero attached hydrogens (tertiary/aromatic N) is 3. The van der Waals surface area contributed by atoms with Crippen LogP contribution < -0.4 is 5.32 Å². The number of hydrogen-bond acceptors (Lipinski definition) is 4. The lowest BCUT2D eigenvalue weighted by Crippen LogP contribution is -2.28. The van der Waals surface area contributed by atoms with Gasteiger partial charge in [0, 0.05) is 41.5 Å². The van der Waals surface area contributed by atoms with Crippen LogP contribution in [0.4, 0.5) is 10.1 Å². The van der Waals surface area contributed by atoms with Crippen LogP contribution in [0.1, 0.15) is 45.5 Å². The van der Waals surface area contributed by atoms with Crippen LogP contribution in [0.5, 0.6) is 0 Å². The Labute approximate surface area is 186 Å². The zero-order chi connectivity index (χ0) is 22.7. The number of hydrogen-bond donors (Lipinski definition) is 1. The molecule has 32 heavy (non-hydrogen) atoms. The summed E-state index contributed by atoms with van der Waals surface area (Å²) in [6, 6.07) is 15.3. The summed E-state index contributed by atoms with van der Waals surface area (Å²) in [6.07, 6.45) is 0.861. The van der Waals surface area contributed by atoms with Crippen LogP contribution in [0.15, 0.2) is 54.6 Å². The van der Waals surface area contributed by atoms with Crippen LogP contribution in [0, 0.1) is 19.7 Å². The smallest absolute Gasteiger partial charge is 0.253 e. The maximum absolute atomic E-state index is 13.8. The zero-order valence-electron chi connectivity index (χ0n) is 18.1. The summed E-state index contributed by atoms with van der Waals surface area (Å²) in [7, 11) is 0. The molecule has 2 amide bonds. The quantitative estimate of drug-likeness (QED) is 0.660. The third kappa shape index (κ3) is 4.66. The Hall–Kier alpha value is -3.61. The van der Waals surface area contributed by atoms with Gasteiger partial charge in [0.1, 0.15) is 11.6 Å². The molecule has 7 heteroatoms. The van der Waals surface area contributed by atoms with Gasteiger partial charge in [0.2, 0.25) is 5.91 Å². The van der Waals surface area contributed by atoms with Gasteiger partial charge in [-0.05, 0) is 44.5 Å². The third-order valence-electron chi connectivity index (χ3n) is 5.78. The molecule has 6 nitrogen and oxygen atoms in total. The summed E-state index contributed by atoms with van der Waals surface area (Å²) in [5.74, 6) is -0.0270. The van der Waals surface area contributed by atoms with Crippen LogP contribution in [0.25, 0.3) is 0 Å². The summed E-state index contributed by atoms with van der Waals surface area (Å²) in [5.41, 5.74) is 3.02. The number of carbonyl (C=O) groups is 2. The van der Waals surface area contributed by atoms with Crippen molar-refractivity contribution in [2.75, 3.05) is 18.4 Å². The number of amides is 2. The van der Waals surface area contributed by atoms with E-state index >= 15 is 0 Å². The Morgan fingerprint density at radius 3 is 2.38 bits per heavy atom. The van der Waals surface area contributed by atoms with Crippen LogP contribution >= 0.6 is 0 Å². The first-order chi connectivity index (χ1) is 15.4. The van der Waals surface area contributed by atoms with E-state index in [-0.39, 0.29) is 29.8 Å². The van der Waals surface area contributed by atoms with Crippen molar-refractivity contribution in [2.24, 2.45) is 0 Å². The number of carbonyl (C=O) groups excluding carboxylic acids is 2. The largest absolute Gasteiger partial charge is 0.338 e. The minimum absolute atomic E-state index is 0.0166. The number of nitrogens with one attached hydrogen (secondary N) is 1. The number of para-hydroxylation sites is 1. The fourth-order valence-corrected chi connectivity index (χ4v) is 4.04. The molecule has 1 aromatic heterocycles. The predicted molar refractivity (Wildman–Crippen MR) is 120 cm³/mol. The second-order valence-corrected chi connectivity index (χ2v) is 8.04. The molecule has 2 heterocycles. The Morgan fingerprint density at radius 2 is 1.69 bits per heavy atom. The summed E-state index contributed by atoms with van der Waals surface area (Å²) >= 11 is 0. The van der Waals surface area contributed by atoms with Crippen molar-refractivity contribution in [1.82, 2.24) is 14.9 Å². The molecule has 0 unspecified atom stereocenters. The third-order valence-corrected chi connectivity index (χ3v) is 5.78. The molecular formula is C25H25FN4O2. The molecule has 1 aliphatic rings. The van der Waals surface area contributed by atoms with Crippen molar-refractivity contribution >= 4 is 17.5 Å². The van der Waals surface area contributed by atoms with Crippen molar-refractivity contribution in [1.29, 1.82) is 0 Å². The maximum atomic E-state index is 13.8. The minimum Gasteiger partial charge on any atom is -0.338 e. The minimum atomic E-state index is -0.475. The Morgan fingerprint density at radius 1 is 1.03 bits per heavy atom. The highest BCUT2D eigenvalue weighted by Gasteiger charge is 2.30. The van der Waals surface area contributed by atoms with Gasteiger partial charge < -0.3 is 10.2 Å². The van der Waals surface area contributed by atoms with Gasteiger partial charge >= 0.3 is 0 Å². The van der Waals surface area contributed by atoms with E-state index in [1.54, 1.807) is 12.1 Å². The molecule has 4 rings (SSSR count). The molecular weight excluding hydrogens is 407 g/mol. The van der Waals surface area contributed by atoms with Crippen LogP contribution in [0.3, 0.4) is 0 Å². The van der Waals surface area contributed by atoms with E-state index in [1.165, 1.54) is 12.1 Å². The Bertz CT molecular complexity index is 1130. The summed E-state index contributed by atoms with van der Waals surface area (Å²) in [5, 5.41) is 2.60. The molecule has 2 aromatic carbocycles. The standard InChI is InChI=1S/C25H25FN4O2/c1-16-20(14-23(31)29-22-11-7-6-10-21(22)26)17(2)28-24(27-16)19-12-13-30(15-19)25(32)18-8-4-3-5-9-18/h3-11,19H,12-15H2,1-2H3,(H,29,31)/t19-/m1/s1. The number of anilines is 1. The molecule has 164 valence electrons. The number of likely N-dealkylation sites (tertiary alicyclic amines) is 1. The van der Waals surface area contributed by atoms with Gasteiger partial charge in [-0.1, -0.05) is 30.3 Å². The summed E-state index contributed by atoms with van der Waals surface area (Å²) in [6.45, 7) is 4.93. The Kier molecular flexibility index (Phi) is 6.25. The normalized spacial score (nSPS) is 15.6. The zero-order valence-corrected chi connectivity index (χ0v) is 18.1. The van der Waals surface area contributed by atoms with E-state index in [0.717, 1.165) is 23.4 Å². The van der Waals surface area contributed by atoms with Gasteiger partial charge in [0.25, 0.3) is 5.91 Å². The van der Waals surface area contributed by atoms with E-state index in [9.17, 15) is 14.0 Å². The lowest BCUT2D eigenvalue weighted by atomic mass is 10.0. The molecule has 1 aliphatic heterocycles. The van der Waals surface area contributed by atoms with Crippen molar-refractivity contribution in [3.63, 3.8) is 0 Å². The maximum Gasteiger partial charge on any atom is 0.253 e. The molecule has 0 radical (unpaired) electrons. The molecule has 1 saturated heterocycles. The van der Waals surface area contributed by atoms with E-state index in [0.29, 0.717) is 24.5 Å². The molecule has 0 bridgehead atoms. The number of halogens is 1. The monoisotopic (exact) mass is 432 g/mol. The topological polar surface area (TPSA) is 75.2 Å². The average molecular weight is 432 g/mol. The summed E-state index contributed by atoms with van der Waals surface area (Å²) < 4.78 is 13.8. The SMILES string of the molecule is Cc1nc([C@@H]2CCN(C(=O)c3ccccc3)C2)nc(C)c1CC(=O)Nc1ccccc1F. The number of rotatable bonds is 5. The molecule has 0 aliphatic carbocycles. The van der Waals surface area contributed by atoms with Gasteiger partial charge in [-0.25, -0.2) is 14.4 Å². The van der Waals surface area contributed by atoms with E-state index in [2.05, 4.69) is 15.3 Å². The average Bonchev–Trinajstić information content (AvgIpc) is 3.28. The highest BCUT2D eigenvalue weighted by molar-refractivity contribution is 5.94. The van der Waals surface area contributed by atoms with Crippen molar-refractivity contribution < 1.29 is 14.0 Å². The highest BCUT2D eigenvalue weighted by atomic mass is 19.1. The van der Waals surface area contributed by atoms with E-state index in [4.69, 9.17) is 0 Å². The first-order valence-electron chi connectivity index (χ1n) is 10.6. The van der Waals surface area contributed by atoms with Crippen LogP contribution in [-0.4, -0.2) is 39.8 Å². The van der Waals surface area contributed by atoms with Crippen molar-refractivity contribution in [3.05, 3.63) is 88.8 Å². The Balaban J connectivity index is 1.44. The first kappa shape index (κ1) is 21.6. The molecule has 1 N–H and O–H groups in total. The molecule has 0 saturated carbocycles. The van der Waals surface area contributed by atoms with Crippen molar-refractivity contribution in [3.8, 4) is 0 Å². The van der Waals surface area contributed by atoms with Crippen LogP contribution in [-0.2, 0) is 11.2 Å². The number of aryl methyl sites for hydroxylation is 2. The second kappa shape index (κ2) is 9.26. The number of aromatic nitrogens is 2. The lowest BCUT2D eigenvalue weighted by molar-refractivity contribution is -0.115. The van der Waals surface area contributed by atoms with Gasteiger partial charge in [0.15, 0.2) is 0 Å². The number of benzene rings is 2. The first-order valence-corrected chi connectivity index (χ1v) is 10.6. The molecule has 1 fully saturated rings.